The maximum Gasteiger partial charge on any atom is 0.306 e. The largest absolute Gasteiger partial charge is 0.462 e. The van der Waals surface area contributed by atoms with Gasteiger partial charge in [0.25, 0.3) is 0 Å². The standard InChI is InChI=1S/C61H112O6/c1-4-7-10-13-16-19-22-25-26-27-28-29-30-31-32-33-34-35-36-37-40-42-45-48-51-54-60(63)66-57-58(67-61(64)55-52-49-46-43-39-24-21-18-15-12-9-6-3)56-65-59(62)53-50-47-44-41-38-23-20-17-14-11-8-5-2/h18,21-22,25,27-28,58H,4-17,19-20,23-24,26,29-57H2,1-3H3/b21-18-,25-22-,28-27-. The maximum absolute atomic E-state index is 12.8. The van der Waals surface area contributed by atoms with Crippen LogP contribution in [0.2, 0.25) is 0 Å². The lowest BCUT2D eigenvalue weighted by atomic mass is 10.0. The first kappa shape index (κ1) is 64.6. The molecular formula is C61H112O6. The first-order valence-corrected chi connectivity index (χ1v) is 29.5. The smallest absolute Gasteiger partial charge is 0.306 e. The number of esters is 3. The molecule has 0 aliphatic heterocycles. The van der Waals surface area contributed by atoms with Gasteiger partial charge in [0.2, 0.25) is 0 Å². The third-order valence-corrected chi connectivity index (χ3v) is 13.1. The predicted octanol–water partition coefficient (Wildman–Crippen LogP) is 19.7. The van der Waals surface area contributed by atoms with E-state index in [9.17, 15) is 14.4 Å². The zero-order valence-corrected chi connectivity index (χ0v) is 44.9. The summed E-state index contributed by atoms with van der Waals surface area (Å²) in [6.07, 6.45) is 67.2. The van der Waals surface area contributed by atoms with Gasteiger partial charge < -0.3 is 14.2 Å². The Bertz CT molecular complexity index is 1130. The summed E-state index contributed by atoms with van der Waals surface area (Å²) >= 11 is 0. The molecule has 0 aliphatic carbocycles. The van der Waals surface area contributed by atoms with Gasteiger partial charge in [0.05, 0.1) is 0 Å². The molecule has 0 aromatic heterocycles. The lowest BCUT2D eigenvalue weighted by molar-refractivity contribution is -0.167. The summed E-state index contributed by atoms with van der Waals surface area (Å²) in [7, 11) is 0. The van der Waals surface area contributed by atoms with Gasteiger partial charge in [0.15, 0.2) is 6.10 Å². The van der Waals surface area contributed by atoms with Gasteiger partial charge in [-0.15, -0.1) is 0 Å². The predicted molar refractivity (Wildman–Crippen MR) is 289 cm³/mol. The minimum atomic E-state index is -0.772. The van der Waals surface area contributed by atoms with Crippen LogP contribution in [0.15, 0.2) is 36.5 Å². The molecule has 1 unspecified atom stereocenters. The summed E-state index contributed by atoms with van der Waals surface area (Å²) in [5.41, 5.74) is 0. The first-order valence-electron chi connectivity index (χ1n) is 29.5. The zero-order valence-electron chi connectivity index (χ0n) is 44.9. The Kier molecular flexibility index (Phi) is 54.2. The van der Waals surface area contributed by atoms with Crippen molar-refractivity contribution < 1.29 is 28.6 Å². The average Bonchev–Trinajstić information content (AvgIpc) is 3.33. The molecule has 1 atom stereocenters. The molecule has 0 bridgehead atoms. The summed E-state index contributed by atoms with van der Waals surface area (Å²) < 4.78 is 16.8. The Balaban J connectivity index is 4.19. The van der Waals surface area contributed by atoms with Crippen LogP contribution in [0.1, 0.15) is 316 Å². The number of allylic oxidation sites excluding steroid dienone is 6. The molecule has 392 valence electrons. The van der Waals surface area contributed by atoms with Crippen LogP contribution in [0.4, 0.5) is 0 Å². The van der Waals surface area contributed by atoms with E-state index in [1.165, 1.54) is 205 Å². The third kappa shape index (κ3) is 54.4. The molecule has 6 heteroatoms. The van der Waals surface area contributed by atoms with Gasteiger partial charge in [0, 0.05) is 19.3 Å². The number of rotatable bonds is 54. The second kappa shape index (κ2) is 56.2. The van der Waals surface area contributed by atoms with E-state index in [2.05, 4.69) is 57.2 Å². The van der Waals surface area contributed by atoms with Crippen molar-refractivity contribution in [2.45, 2.75) is 322 Å². The molecular weight excluding hydrogens is 829 g/mol. The van der Waals surface area contributed by atoms with E-state index in [0.29, 0.717) is 19.3 Å². The van der Waals surface area contributed by atoms with Crippen LogP contribution in [0.3, 0.4) is 0 Å². The molecule has 0 fully saturated rings. The van der Waals surface area contributed by atoms with Gasteiger partial charge in [-0.2, -0.15) is 0 Å². The summed E-state index contributed by atoms with van der Waals surface area (Å²) in [6, 6.07) is 0. The molecule has 67 heavy (non-hydrogen) atoms. The van der Waals surface area contributed by atoms with Crippen LogP contribution in [-0.4, -0.2) is 37.2 Å². The molecule has 0 aromatic carbocycles. The fraction of sp³-hybridized carbons (Fsp3) is 0.852. The molecule has 0 rings (SSSR count). The summed E-state index contributed by atoms with van der Waals surface area (Å²) in [5.74, 6) is -0.866. The normalized spacial score (nSPS) is 12.2. The van der Waals surface area contributed by atoms with E-state index in [1.807, 2.05) is 0 Å². The van der Waals surface area contributed by atoms with Crippen LogP contribution in [-0.2, 0) is 28.6 Å². The van der Waals surface area contributed by atoms with E-state index in [1.54, 1.807) is 0 Å². The van der Waals surface area contributed by atoms with Crippen LogP contribution in [0, 0.1) is 0 Å². The first-order chi connectivity index (χ1) is 33.0. The molecule has 0 radical (unpaired) electrons. The maximum atomic E-state index is 12.8. The monoisotopic (exact) mass is 941 g/mol. The van der Waals surface area contributed by atoms with E-state index in [-0.39, 0.29) is 31.1 Å². The van der Waals surface area contributed by atoms with Gasteiger partial charge in [-0.05, 0) is 77.0 Å². The fourth-order valence-electron chi connectivity index (χ4n) is 8.65. The molecule has 0 aromatic rings. The van der Waals surface area contributed by atoms with Crippen molar-refractivity contribution in [1.29, 1.82) is 0 Å². The number of ether oxygens (including phenoxy) is 3. The zero-order chi connectivity index (χ0) is 48.6. The summed E-state index contributed by atoms with van der Waals surface area (Å²) in [4.78, 5) is 38.1. The highest BCUT2D eigenvalue weighted by Crippen LogP contribution is 2.16. The molecule has 0 saturated heterocycles. The van der Waals surface area contributed by atoms with Crippen LogP contribution < -0.4 is 0 Å². The molecule has 0 saturated carbocycles. The minimum absolute atomic E-state index is 0.0717. The Morgan fingerprint density at radius 1 is 0.299 bits per heavy atom. The molecule has 0 N–H and O–H groups in total. The van der Waals surface area contributed by atoms with Crippen LogP contribution >= 0.6 is 0 Å². The van der Waals surface area contributed by atoms with Crippen molar-refractivity contribution in [3.05, 3.63) is 36.5 Å². The minimum Gasteiger partial charge on any atom is -0.462 e. The van der Waals surface area contributed by atoms with E-state index in [0.717, 1.165) is 70.6 Å². The van der Waals surface area contributed by atoms with Gasteiger partial charge in [-0.25, -0.2) is 0 Å². The van der Waals surface area contributed by atoms with E-state index in [4.69, 9.17) is 14.2 Å². The van der Waals surface area contributed by atoms with Crippen molar-refractivity contribution in [2.75, 3.05) is 13.2 Å². The Hall–Kier alpha value is -2.37. The van der Waals surface area contributed by atoms with Crippen LogP contribution in [0.25, 0.3) is 0 Å². The highest BCUT2D eigenvalue weighted by atomic mass is 16.6. The fourth-order valence-corrected chi connectivity index (χ4v) is 8.65. The summed E-state index contributed by atoms with van der Waals surface area (Å²) in [5, 5.41) is 0. The topological polar surface area (TPSA) is 78.9 Å². The quantitative estimate of drug-likeness (QED) is 0.0262. The molecule has 0 aliphatic rings. The van der Waals surface area contributed by atoms with Gasteiger partial charge in [-0.1, -0.05) is 256 Å². The second-order valence-corrected chi connectivity index (χ2v) is 19.9. The number of hydrogen-bond acceptors (Lipinski definition) is 6. The van der Waals surface area contributed by atoms with Crippen molar-refractivity contribution in [1.82, 2.24) is 0 Å². The number of carbonyl (C=O) groups is 3. The molecule has 6 nitrogen and oxygen atoms in total. The number of hydrogen-bond donors (Lipinski definition) is 0. The second-order valence-electron chi connectivity index (χ2n) is 19.9. The van der Waals surface area contributed by atoms with Crippen molar-refractivity contribution in [3.8, 4) is 0 Å². The Morgan fingerprint density at radius 2 is 0.537 bits per heavy atom. The molecule has 0 heterocycles. The lowest BCUT2D eigenvalue weighted by Crippen LogP contribution is -2.30. The Labute approximate surface area is 416 Å². The summed E-state index contributed by atoms with van der Waals surface area (Å²) in [6.45, 7) is 6.63. The average molecular weight is 942 g/mol. The van der Waals surface area contributed by atoms with Gasteiger partial charge >= 0.3 is 17.9 Å². The van der Waals surface area contributed by atoms with Gasteiger partial charge in [0.1, 0.15) is 13.2 Å². The van der Waals surface area contributed by atoms with Crippen molar-refractivity contribution in [3.63, 3.8) is 0 Å². The number of carbonyl (C=O) groups excluding carboxylic acids is 3. The van der Waals surface area contributed by atoms with E-state index < -0.39 is 6.10 Å². The highest BCUT2D eigenvalue weighted by molar-refractivity contribution is 5.71. The van der Waals surface area contributed by atoms with Gasteiger partial charge in [-0.3, -0.25) is 14.4 Å². The van der Waals surface area contributed by atoms with E-state index >= 15 is 0 Å². The molecule has 0 amide bonds. The van der Waals surface area contributed by atoms with Crippen LogP contribution in [0.5, 0.6) is 0 Å². The third-order valence-electron chi connectivity index (χ3n) is 13.1. The molecule has 0 spiro atoms. The lowest BCUT2D eigenvalue weighted by Gasteiger charge is -2.18. The van der Waals surface area contributed by atoms with Crippen molar-refractivity contribution in [2.24, 2.45) is 0 Å². The SMILES string of the molecule is CCCCC/C=C\CCCCCCCC(=O)OC(COC(=O)CCCCCCCCCCCCCC)COC(=O)CCCCCCCCCCCCCCC/C=C\C/C=C\CCCCCCC. The number of unbranched alkanes of at least 4 members (excludes halogenated alkanes) is 37. The Morgan fingerprint density at radius 3 is 0.866 bits per heavy atom. The highest BCUT2D eigenvalue weighted by Gasteiger charge is 2.19. The van der Waals surface area contributed by atoms with Crippen molar-refractivity contribution >= 4 is 17.9 Å².